The van der Waals surface area contributed by atoms with Crippen molar-refractivity contribution in [3.63, 3.8) is 0 Å². The van der Waals surface area contributed by atoms with Crippen LogP contribution in [0.5, 0.6) is 0 Å². The lowest BCUT2D eigenvalue weighted by Gasteiger charge is -2.05. The predicted molar refractivity (Wildman–Crippen MR) is 99.0 cm³/mol. The maximum absolute atomic E-state index is 4.67. The summed E-state index contributed by atoms with van der Waals surface area (Å²) in [5.41, 5.74) is 3.84. The molecule has 0 saturated carbocycles. The van der Waals surface area contributed by atoms with Crippen molar-refractivity contribution in [3.8, 4) is 11.4 Å². The van der Waals surface area contributed by atoms with Crippen LogP contribution in [-0.2, 0) is 6.42 Å². The Balaban J connectivity index is 1.73. The van der Waals surface area contributed by atoms with Crippen LogP contribution in [0.4, 0.5) is 0 Å². The Bertz CT molecular complexity index is 1080. The van der Waals surface area contributed by atoms with Crippen LogP contribution in [-0.4, -0.2) is 34.5 Å². The van der Waals surface area contributed by atoms with Gasteiger partial charge in [0.25, 0.3) is 5.78 Å². The number of rotatable bonds is 4. The molecule has 130 valence electrons. The molecule has 0 spiro atoms. The second-order valence-electron chi connectivity index (χ2n) is 5.86. The first kappa shape index (κ1) is 16.6. The van der Waals surface area contributed by atoms with Crippen LogP contribution in [0.3, 0.4) is 0 Å². The topological polar surface area (TPSA) is 81.8 Å². The molecule has 26 heavy (non-hydrogen) atoms. The quantitative estimate of drug-likeness (QED) is 0.514. The molecule has 0 aliphatic rings. The summed E-state index contributed by atoms with van der Waals surface area (Å²) in [4.78, 5) is 22.3. The smallest absolute Gasteiger partial charge is 0.253 e. The molecule has 0 unspecified atom stereocenters. The first-order valence-corrected chi connectivity index (χ1v) is 9.11. The highest BCUT2D eigenvalue weighted by molar-refractivity contribution is 7.99. The number of fused-ring (bicyclic) bond motifs is 1. The molecular formula is C18H17N7S. The minimum Gasteiger partial charge on any atom is -0.265 e. The highest BCUT2D eigenvalue weighted by atomic mass is 32.2. The molecule has 8 heteroatoms. The van der Waals surface area contributed by atoms with Gasteiger partial charge >= 0.3 is 0 Å². The first-order chi connectivity index (χ1) is 12.6. The Morgan fingerprint density at radius 1 is 1.00 bits per heavy atom. The molecule has 0 saturated heterocycles. The van der Waals surface area contributed by atoms with Crippen molar-refractivity contribution < 1.29 is 0 Å². The third-order valence-electron chi connectivity index (χ3n) is 3.85. The van der Waals surface area contributed by atoms with E-state index in [-0.39, 0.29) is 0 Å². The number of hydrogen-bond acceptors (Lipinski definition) is 7. The fourth-order valence-electron chi connectivity index (χ4n) is 2.62. The SMILES string of the molecule is CCc1cc(Sc2nc3nc(C)cc(C)n3n2)nc(-c2ccncc2)n1. The monoisotopic (exact) mass is 363 g/mol. The van der Waals surface area contributed by atoms with Gasteiger partial charge in [-0.3, -0.25) is 4.98 Å². The summed E-state index contributed by atoms with van der Waals surface area (Å²) in [5, 5.41) is 5.97. The van der Waals surface area contributed by atoms with Gasteiger partial charge in [-0.15, -0.1) is 5.10 Å². The van der Waals surface area contributed by atoms with Crippen LogP contribution < -0.4 is 0 Å². The maximum Gasteiger partial charge on any atom is 0.253 e. The zero-order chi connectivity index (χ0) is 18.1. The molecule has 4 rings (SSSR count). The van der Waals surface area contributed by atoms with E-state index < -0.39 is 0 Å². The van der Waals surface area contributed by atoms with Crippen LogP contribution in [0.25, 0.3) is 17.2 Å². The van der Waals surface area contributed by atoms with Gasteiger partial charge in [0, 0.05) is 35.0 Å². The average molecular weight is 363 g/mol. The Kier molecular flexibility index (Phi) is 4.34. The highest BCUT2D eigenvalue weighted by Gasteiger charge is 2.12. The molecule has 0 aliphatic heterocycles. The first-order valence-electron chi connectivity index (χ1n) is 8.29. The van der Waals surface area contributed by atoms with E-state index in [2.05, 4.69) is 36.9 Å². The molecular weight excluding hydrogens is 346 g/mol. The normalized spacial score (nSPS) is 11.2. The van der Waals surface area contributed by atoms with E-state index in [1.54, 1.807) is 16.9 Å². The van der Waals surface area contributed by atoms with E-state index in [1.165, 1.54) is 11.8 Å². The molecule has 4 aromatic heterocycles. The summed E-state index contributed by atoms with van der Waals surface area (Å²) in [5.74, 6) is 1.28. The van der Waals surface area contributed by atoms with Gasteiger partial charge in [-0.2, -0.15) is 4.98 Å². The Morgan fingerprint density at radius 3 is 2.58 bits per heavy atom. The van der Waals surface area contributed by atoms with Gasteiger partial charge in [0.2, 0.25) is 5.16 Å². The van der Waals surface area contributed by atoms with E-state index in [9.17, 15) is 0 Å². The molecule has 7 nitrogen and oxygen atoms in total. The molecule has 0 aliphatic carbocycles. The minimum absolute atomic E-state index is 0.601. The number of hydrogen-bond donors (Lipinski definition) is 0. The number of aromatic nitrogens is 7. The molecule has 0 fully saturated rings. The van der Waals surface area contributed by atoms with E-state index in [0.29, 0.717) is 16.8 Å². The number of aryl methyl sites for hydroxylation is 3. The third kappa shape index (κ3) is 3.28. The molecule has 0 N–H and O–H groups in total. The summed E-state index contributed by atoms with van der Waals surface area (Å²) >= 11 is 1.42. The van der Waals surface area contributed by atoms with Crippen molar-refractivity contribution in [3.05, 3.63) is 53.7 Å². The largest absolute Gasteiger partial charge is 0.265 e. The molecule has 4 heterocycles. The summed E-state index contributed by atoms with van der Waals surface area (Å²) in [6.07, 6.45) is 4.31. The van der Waals surface area contributed by atoms with Gasteiger partial charge in [-0.25, -0.2) is 19.5 Å². The summed E-state index contributed by atoms with van der Waals surface area (Å²) in [6.45, 7) is 6.02. The lowest BCUT2D eigenvalue weighted by atomic mass is 10.2. The summed E-state index contributed by atoms with van der Waals surface area (Å²) < 4.78 is 1.75. The fourth-order valence-corrected chi connectivity index (χ4v) is 3.38. The van der Waals surface area contributed by atoms with Crippen LogP contribution in [0.1, 0.15) is 24.0 Å². The van der Waals surface area contributed by atoms with Gasteiger partial charge in [-0.05, 0) is 56.3 Å². The summed E-state index contributed by atoms with van der Waals surface area (Å²) in [6, 6.07) is 7.77. The second-order valence-corrected chi connectivity index (χ2v) is 6.85. The van der Waals surface area contributed by atoms with Gasteiger partial charge in [0.05, 0.1) is 0 Å². The fraction of sp³-hybridized carbons (Fsp3) is 0.222. The van der Waals surface area contributed by atoms with E-state index in [4.69, 9.17) is 0 Å². The van der Waals surface area contributed by atoms with Crippen molar-refractivity contribution in [1.29, 1.82) is 0 Å². The van der Waals surface area contributed by atoms with Crippen molar-refractivity contribution in [1.82, 2.24) is 34.5 Å². The lowest BCUT2D eigenvalue weighted by Crippen LogP contribution is -1.97. The molecule has 0 atom stereocenters. The highest BCUT2D eigenvalue weighted by Crippen LogP contribution is 2.26. The average Bonchev–Trinajstić information content (AvgIpc) is 3.04. The van der Waals surface area contributed by atoms with E-state index in [0.717, 1.165) is 34.1 Å². The molecule has 0 aromatic carbocycles. The minimum atomic E-state index is 0.601. The Labute approximate surface area is 155 Å². The van der Waals surface area contributed by atoms with Crippen LogP contribution in [0.15, 0.2) is 46.8 Å². The van der Waals surface area contributed by atoms with Gasteiger partial charge in [0.15, 0.2) is 5.82 Å². The maximum atomic E-state index is 4.67. The van der Waals surface area contributed by atoms with Crippen molar-refractivity contribution in [2.24, 2.45) is 0 Å². The van der Waals surface area contributed by atoms with E-state index >= 15 is 0 Å². The summed E-state index contributed by atoms with van der Waals surface area (Å²) in [7, 11) is 0. The van der Waals surface area contributed by atoms with Crippen molar-refractivity contribution >= 4 is 17.5 Å². The predicted octanol–water partition coefficient (Wildman–Crippen LogP) is 3.31. The van der Waals surface area contributed by atoms with Gasteiger partial charge < -0.3 is 0 Å². The molecule has 4 aromatic rings. The van der Waals surface area contributed by atoms with Crippen molar-refractivity contribution in [2.75, 3.05) is 0 Å². The lowest BCUT2D eigenvalue weighted by molar-refractivity contribution is 0.841. The number of nitrogens with zero attached hydrogens (tertiary/aromatic N) is 7. The number of pyridine rings is 1. The Hall–Kier alpha value is -2.87. The molecule has 0 amide bonds. The zero-order valence-electron chi connectivity index (χ0n) is 14.7. The molecule has 0 bridgehead atoms. The third-order valence-corrected chi connectivity index (χ3v) is 4.62. The van der Waals surface area contributed by atoms with Crippen LogP contribution >= 0.6 is 11.8 Å². The standard InChI is InChI=1S/C18H17N7S/c1-4-14-10-15(22-16(21-14)13-5-7-19-8-6-13)26-18-23-17-20-11(2)9-12(3)25(17)24-18/h5-10H,4H2,1-3H3. The molecule has 0 radical (unpaired) electrons. The van der Waals surface area contributed by atoms with Gasteiger partial charge in [0.1, 0.15) is 5.03 Å². The van der Waals surface area contributed by atoms with Crippen LogP contribution in [0.2, 0.25) is 0 Å². The second kappa shape index (κ2) is 6.80. The van der Waals surface area contributed by atoms with Crippen LogP contribution in [0, 0.1) is 13.8 Å². The zero-order valence-corrected chi connectivity index (χ0v) is 15.5. The van der Waals surface area contributed by atoms with Gasteiger partial charge in [-0.1, -0.05) is 6.92 Å². The van der Waals surface area contributed by atoms with E-state index in [1.807, 2.05) is 38.1 Å². The Morgan fingerprint density at radius 2 is 1.81 bits per heavy atom. The van der Waals surface area contributed by atoms with Crippen molar-refractivity contribution in [2.45, 2.75) is 37.4 Å².